The van der Waals surface area contributed by atoms with E-state index in [9.17, 15) is 5.26 Å². The fourth-order valence-electron chi connectivity index (χ4n) is 1.61. The van der Waals surface area contributed by atoms with E-state index in [1.54, 1.807) is 7.11 Å². The molecule has 1 aliphatic carbocycles. The minimum absolute atomic E-state index is 0.373. The predicted octanol–water partition coefficient (Wildman–Crippen LogP) is 0.989. The van der Waals surface area contributed by atoms with Crippen LogP contribution in [0.2, 0.25) is 0 Å². The van der Waals surface area contributed by atoms with Crippen LogP contribution < -0.4 is 5.32 Å². The Kier molecular flexibility index (Phi) is 5.20. The molecular formula is C12H23N3O. The van der Waals surface area contributed by atoms with Crippen LogP contribution in [-0.4, -0.2) is 50.3 Å². The summed E-state index contributed by atoms with van der Waals surface area (Å²) in [6.45, 7) is 4.58. The number of methoxy groups -OCH3 is 1. The summed E-state index contributed by atoms with van der Waals surface area (Å²) in [7, 11) is 3.77. The summed E-state index contributed by atoms with van der Waals surface area (Å²) in [4.78, 5) is 2.20. The summed E-state index contributed by atoms with van der Waals surface area (Å²) in [5.74, 6) is 0. The predicted molar refractivity (Wildman–Crippen MR) is 64.2 cm³/mol. The van der Waals surface area contributed by atoms with Crippen molar-refractivity contribution < 1.29 is 4.74 Å². The zero-order valence-electron chi connectivity index (χ0n) is 10.6. The highest BCUT2D eigenvalue weighted by Gasteiger charge is 2.32. The van der Waals surface area contributed by atoms with Crippen molar-refractivity contribution in [2.75, 3.05) is 33.9 Å². The van der Waals surface area contributed by atoms with Crippen LogP contribution in [-0.2, 0) is 4.74 Å². The molecule has 4 heteroatoms. The molecule has 1 saturated carbocycles. The van der Waals surface area contributed by atoms with Gasteiger partial charge in [0.15, 0.2) is 0 Å². The topological polar surface area (TPSA) is 48.3 Å². The number of rotatable bonds is 8. The molecule has 0 radical (unpaired) electrons. The molecule has 1 rings (SSSR count). The maximum atomic E-state index is 9.20. The Labute approximate surface area is 98.6 Å². The third kappa shape index (κ3) is 4.93. The minimum Gasteiger partial charge on any atom is -0.383 e. The number of likely N-dealkylation sites (N-methyl/N-ethyl adjacent to an activating group) is 1. The quantitative estimate of drug-likeness (QED) is 0.669. The molecule has 0 saturated heterocycles. The molecule has 0 spiro atoms. The molecule has 0 bridgehead atoms. The molecule has 0 heterocycles. The minimum atomic E-state index is -0.373. The molecule has 1 atom stereocenters. The summed E-state index contributed by atoms with van der Waals surface area (Å²) in [6.07, 6.45) is 3.30. The first-order valence-electron chi connectivity index (χ1n) is 5.96. The fourth-order valence-corrected chi connectivity index (χ4v) is 1.61. The van der Waals surface area contributed by atoms with Crippen LogP contribution in [0.25, 0.3) is 0 Å². The van der Waals surface area contributed by atoms with E-state index in [0.29, 0.717) is 6.04 Å². The van der Waals surface area contributed by atoms with Gasteiger partial charge in [0.2, 0.25) is 0 Å². The number of hydrogen-bond donors (Lipinski definition) is 1. The Morgan fingerprint density at radius 1 is 1.50 bits per heavy atom. The first-order valence-corrected chi connectivity index (χ1v) is 5.96. The van der Waals surface area contributed by atoms with Crippen LogP contribution >= 0.6 is 0 Å². The van der Waals surface area contributed by atoms with Gasteiger partial charge in [-0.3, -0.25) is 5.32 Å². The van der Waals surface area contributed by atoms with Crippen molar-refractivity contribution in [3.8, 4) is 6.07 Å². The maximum Gasteiger partial charge on any atom is 0.105 e. The van der Waals surface area contributed by atoms with Gasteiger partial charge in [0.25, 0.3) is 0 Å². The number of nitrogens with one attached hydrogen (secondary N) is 1. The molecule has 1 aliphatic rings. The van der Waals surface area contributed by atoms with Gasteiger partial charge in [-0.1, -0.05) is 0 Å². The Balaban J connectivity index is 2.24. The maximum absolute atomic E-state index is 9.20. The Bertz CT molecular complexity index is 247. The first kappa shape index (κ1) is 13.4. The van der Waals surface area contributed by atoms with Crippen molar-refractivity contribution in [3.63, 3.8) is 0 Å². The third-order valence-corrected chi connectivity index (χ3v) is 3.02. The molecule has 0 aromatic heterocycles. The van der Waals surface area contributed by atoms with Crippen LogP contribution in [0.5, 0.6) is 0 Å². The molecule has 0 amide bonds. The molecule has 1 unspecified atom stereocenters. The fraction of sp³-hybridized carbons (Fsp3) is 0.917. The number of ether oxygens (including phenoxy) is 1. The van der Waals surface area contributed by atoms with Crippen LogP contribution in [0.3, 0.4) is 0 Å². The number of hydrogen-bond acceptors (Lipinski definition) is 4. The van der Waals surface area contributed by atoms with Crippen molar-refractivity contribution in [2.45, 2.75) is 37.8 Å². The average molecular weight is 225 g/mol. The lowest BCUT2D eigenvalue weighted by Gasteiger charge is -2.26. The van der Waals surface area contributed by atoms with E-state index in [1.165, 1.54) is 12.8 Å². The third-order valence-electron chi connectivity index (χ3n) is 3.02. The van der Waals surface area contributed by atoms with E-state index in [0.717, 1.165) is 26.1 Å². The van der Waals surface area contributed by atoms with Crippen molar-refractivity contribution in [1.82, 2.24) is 10.2 Å². The normalized spacial score (nSPS) is 19.4. The van der Waals surface area contributed by atoms with E-state index in [2.05, 4.69) is 23.3 Å². The Hall–Kier alpha value is -0.630. The number of nitrogens with zero attached hydrogens (tertiary/aromatic N) is 2. The molecule has 16 heavy (non-hydrogen) atoms. The molecule has 0 aromatic carbocycles. The largest absolute Gasteiger partial charge is 0.383 e. The second kappa shape index (κ2) is 6.19. The summed E-state index contributed by atoms with van der Waals surface area (Å²) < 4.78 is 5.02. The lowest BCUT2D eigenvalue weighted by atomic mass is 9.99. The van der Waals surface area contributed by atoms with Crippen LogP contribution in [0.1, 0.15) is 26.2 Å². The molecular weight excluding hydrogens is 202 g/mol. The van der Waals surface area contributed by atoms with Gasteiger partial charge in [-0.25, -0.2) is 0 Å². The van der Waals surface area contributed by atoms with E-state index in [1.807, 2.05) is 6.92 Å². The Morgan fingerprint density at radius 3 is 2.69 bits per heavy atom. The SMILES string of the molecule is COCCN(C)CCC(C)(C#N)NC1CC1. The van der Waals surface area contributed by atoms with Gasteiger partial charge >= 0.3 is 0 Å². The van der Waals surface area contributed by atoms with Gasteiger partial charge in [0.1, 0.15) is 5.54 Å². The second-order valence-corrected chi connectivity index (χ2v) is 4.91. The van der Waals surface area contributed by atoms with Crippen molar-refractivity contribution in [3.05, 3.63) is 0 Å². The summed E-state index contributed by atoms with van der Waals surface area (Å²) in [5, 5.41) is 12.6. The number of nitriles is 1. The van der Waals surface area contributed by atoms with Crippen molar-refractivity contribution >= 4 is 0 Å². The monoisotopic (exact) mass is 225 g/mol. The van der Waals surface area contributed by atoms with Gasteiger partial charge < -0.3 is 9.64 Å². The van der Waals surface area contributed by atoms with E-state index >= 15 is 0 Å². The smallest absolute Gasteiger partial charge is 0.105 e. The Morgan fingerprint density at radius 2 is 2.19 bits per heavy atom. The van der Waals surface area contributed by atoms with Crippen LogP contribution in [0, 0.1) is 11.3 Å². The van der Waals surface area contributed by atoms with Crippen molar-refractivity contribution in [2.24, 2.45) is 0 Å². The molecule has 92 valence electrons. The first-order chi connectivity index (χ1) is 7.59. The van der Waals surface area contributed by atoms with E-state index in [4.69, 9.17) is 4.74 Å². The van der Waals surface area contributed by atoms with Gasteiger partial charge in [0.05, 0.1) is 12.7 Å². The summed E-state index contributed by atoms with van der Waals surface area (Å²) in [5.41, 5.74) is -0.373. The van der Waals surface area contributed by atoms with Gasteiger partial charge in [-0.15, -0.1) is 0 Å². The zero-order valence-corrected chi connectivity index (χ0v) is 10.6. The van der Waals surface area contributed by atoms with E-state index < -0.39 is 0 Å². The molecule has 0 aliphatic heterocycles. The molecule has 1 fully saturated rings. The summed E-state index contributed by atoms with van der Waals surface area (Å²) in [6, 6.07) is 2.97. The zero-order chi connectivity index (χ0) is 12.0. The van der Waals surface area contributed by atoms with Gasteiger partial charge in [-0.2, -0.15) is 5.26 Å². The van der Waals surface area contributed by atoms with Crippen LogP contribution in [0.4, 0.5) is 0 Å². The molecule has 1 N–H and O–H groups in total. The highest BCUT2D eigenvalue weighted by atomic mass is 16.5. The molecule has 0 aromatic rings. The van der Waals surface area contributed by atoms with Gasteiger partial charge in [-0.05, 0) is 33.2 Å². The van der Waals surface area contributed by atoms with Crippen LogP contribution in [0.15, 0.2) is 0 Å². The lowest BCUT2D eigenvalue weighted by molar-refractivity contribution is 0.157. The standard InChI is InChI=1S/C12H23N3O/c1-12(10-13,14-11-4-5-11)6-7-15(2)8-9-16-3/h11,14H,4-9H2,1-3H3. The van der Waals surface area contributed by atoms with E-state index in [-0.39, 0.29) is 5.54 Å². The highest BCUT2D eigenvalue weighted by Crippen LogP contribution is 2.23. The average Bonchev–Trinajstić information content (AvgIpc) is 3.07. The lowest BCUT2D eigenvalue weighted by Crippen LogP contribution is -2.44. The highest BCUT2D eigenvalue weighted by molar-refractivity contribution is 5.07. The summed E-state index contributed by atoms with van der Waals surface area (Å²) >= 11 is 0. The molecule has 4 nitrogen and oxygen atoms in total. The van der Waals surface area contributed by atoms with Gasteiger partial charge in [0, 0.05) is 26.2 Å². The van der Waals surface area contributed by atoms with Crippen molar-refractivity contribution in [1.29, 1.82) is 5.26 Å². The second-order valence-electron chi connectivity index (χ2n) is 4.91.